The first-order valence-electron chi connectivity index (χ1n) is 15.3. The van der Waals surface area contributed by atoms with Gasteiger partial charge in [-0.25, -0.2) is 21.7 Å². The van der Waals surface area contributed by atoms with Crippen LogP contribution in [-0.2, 0) is 16.0 Å². The van der Waals surface area contributed by atoms with Crippen LogP contribution in [0.15, 0.2) is 37.4 Å². The van der Waals surface area contributed by atoms with Crippen molar-refractivity contribution in [1.29, 1.82) is 0 Å². The molecule has 0 saturated heterocycles. The molecule has 14 nitrogen and oxygen atoms in total. The van der Waals surface area contributed by atoms with Gasteiger partial charge in [-0.15, -0.1) is 0 Å². The van der Waals surface area contributed by atoms with E-state index < -0.39 is 23.8 Å². The quantitative estimate of drug-likeness (QED) is 0.0862. The zero-order valence-electron chi connectivity index (χ0n) is 27.2. The van der Waals surface area contributed by atoms with E-state index in [4.69, 9.17) is 21.7 Å². The molecule has 0 spiro atoms. The number of allylic oxidation sites excluding steroid dienone is 5. The molecule has 252 valence electrons. The Morgan fingerprint density at radius 2 is 1.39 bits per heavy atom. The summed E-state index contributed by atoms with van der Waals surface area (Å²) in [5, 5.41) is 19.1. The Morgan fingerprint density at radius 3 is 2.00 bits per heavy atom. The third-order valence-corrected chi connectivity index (χ3v) is 8.81. The van der Waals surface area contributed by atoms with Crippen molar-refractivity contribution in [2.24, 2.45) is 11.7 Å². The minimum Gasteiger partial charge on any atom is -0.481 e. The van der Waals surface area contributed by atoms with Gasteiger partial charge in [0.1, 0.15) is 0 Å². The number of aromatic nitrogens is 4. The molecule has 0 unspecified atom stereocenters. The number of aliphatic carboxylic acids is 2. The van der Waals surface area contributed by atoms with Crippen LogP contribution in [0.25, 0.3) is 50.4 Å². The van der Waals surface area contributed by atoms with E-state index in [-0.39, 0.29) is 59.1 Å². The average Bonchev–Trinajstić information content (AvgIpc) is 3.75. The number of hydrazine groups is 2. The number of carbonyl (C=O) groups excluding carboxylic acids is 2. The van der Waals surface area contributed by atoms with Crippen molar-refractivity contribution in [1.82, 2.24) is 30.8 Å². The highest BCUT2D eigenvalue weighted by atomic mass is 16.4. The monoisotopic (exact) mass is 664 g/mol. The molecule has 2 amide bonds. The SMILES string of the molecule is C=CC1=C(C)c2nc1cc1[nH]c(cc3nc(cc4[nH]c(c(C=C)c4C(=O)NN)c2C(=O)NN)C(C)=C3CCC(=O)O)c(CCC(=O)O)c1C. The van der Waals surface area contributed by atoms with Gasteiger partial charge in [0, 0.05) is 35.0 Å². The van der Waals surface area contributed by atoms with Gasteiger partial charge in [-0.1, -0.05) is 25.3 Å². The number of aryl methyl sites for hydroxylation is 2. The number of nitrogens with zero attached hydrogens (tertiary/aromatic N) is 2. The van der Waals surface area contributed by atoms with Crippen LogP contribution in [0.4, 0.5) is 0 Å². The molecule has 8 bridgehead atoms. The van der Waals surface area contributed by atoms with E-state index in [2.05, 4.69) is 34.0 Å². The zero-order chi connectivity index (χ0) is 35.7. The van der Waals surface area contributed by atoms with E-state index in [1.165, 1.54) is 6.08 Å². The molecule has 2 aliphatic rings. The second-order valence-electron chi connectivity index (χ2n) is 11.6. The summed E-state index contributed by atoms with van der Waals surface area (Å²) in [5.74, 6) is 7.95. The summed E-state index contributed by atoms with van der Waals surface area (Å²) in [6, 6.07) is 5.17. The zero-order valence-corrected chi connectivity index (χ0v) is 27.2. The Labute approximate surface area is 280 Å². The fourth-order valence-corrected chi connectivity index (χ4v) is 6.31. The molecule has 10 N–H and O–H groups in total. The number of nitrogens with one attached hydrogen (secondary N) is 4. The number of carboxylic acids is 2. The molecule has 0 aromatic carbocycles. The summed E-state index contributed by atoms with van der Waals surface area (Å²) in [4.78, 5) is 66.5. The predicted octanol–water partition coefficient (Wildman–Crippen LogP) is 4.40. The van der Waals surface area contributed by atoms with Crippen LogP contribution in [0, 0.1) is 6.92 Å². The van der Waals surface area contributed by atoms with Gasteiger partial charge in [-0.2, -0.15) is 0 Å². The first-order chi connectivity index (χ1) is 23.3. The molecule has 0 radical (unpaired) electrons. The van der Waals surface area contributed by atoms with Crippen LogP contribution in [0.1, 0.15) is 93.3 Å². The second-order valence-corrected chi connectivity index (χ2v) is 11.6. The molecule has 0 atom stereocenters. The number of hydrogen-bond donors (Lipinski definition) is 8. The summed E-state index contributed by atoms with van der Waals surface area (Å²) >= 11 is 0. The first kappa shape index (κ1) is 34.2. The van der Waals surface area contributed by atoms with Crippen LogP contribution in [0.2, 0.25) is 0 Å². The number of hydrogen-bond acceptors (Lipinski definition) is 8. The number of amides is 2. The standard InChI is InChI=1S/C35H36N8O6/c1-6-18-17(5)32-31(35(49)43-37)33-19(7-2)30(34(48)42-36)27(41-33)13-23-16(4)21(9-11-29(46)47)26(39-23)14-25-20(8-10-28(44)45)15(3)22(38-25)12-24(18)40-32/h6-7,12-14,38,41H,1-2,8-11,36-37H2,3-5H3,(H,42,48)(H,43,49)(H,44,45)(H,46,47). The maximum Gasteiger partial charge on any atom is 0.303 e. The van der Waals surface area contributed by atoms with Gasteiger partial charge < -0.3 is 20.2 Å². The smallest absolute Gasteiger partial charge is 0.303 e. The molecular formula is C35H36N8O6. The van der Waals surface area contributed by atoms with Gasteiger partial charge in [0.05, 0.1) is 44.9 Å². The number of rotatable bonds is 10. The van der Waals surface area contributed by atoms with Gasteiger partial charge in [-0.05, 0) is 79.7 Å². The van der Waals surface area contributed by atoms with Gasteiger partial charge in [0.2, 0.25) is 0 Å². The molecule has 14 heteroatoms. The molecule has 5 heterocycles. The van der Waals surface area contributed by atoms with Crippen molar-refractivity contribution in [3.05, 3.63) is 88.0 Å². The van der Waals surface area contributed by atoms with Crippen LogP contribution in [0.5, 0.6) is 0 Å². The number of H-pyrrole nitrogens is 2. The van der Waals surface area contributed by atoms with E-state index in [1.54, 1.807) is 38.1 Å². The van der Waals surface area contributed by atoms with Crippen molar-refractivity contribution in [2.75, 3.05) is 0 Å². The van der Waals surface area contributed by atoms with Crippen molar-refractivity contribution < 1.29 is 29.4 Å². The lowest BCUT2D eigenvalue weighted by atomic mass is 9.99. The maximum atomic E-state index is 13.6. The summed E-state index contributed by atoms with van der Waals surface area (Å²) in [6.45, 7) is 13.3. The first-order valence-corrected chi connectivity index (χ1v) is 15.3. The molecule has 3 aromatic heterocycles. The summed E-state index contributed by atoms with van der Waals surface area (Å²) in [6.07, 6.45) is 3.08. The van der Waals surface area contributed by atoms with E-state index in [1.807, 2.05) is 6.92 Å². The van der Waals surface area contributed by atoms with Crippen LogP contribution < -0.4 is 22.5 Å². The largest absolute Gasteiger partial charge is 0.481 e. The maximum absolute atomic E-state index is 13.6. The topological polar surface area (TPSA) is 242 Å². The Bertz CT molecular complexity index is 2220. The van der Waals surface area contributed by atoms with Gasteiger partial charge >= 0.3 is 11.9 Å². The van der Waals surface area contributed by atoms with Crippen LogP contribution in [0.3, 0.4) is 0 Å². The Balaban J connectivity index is 2.08. The molecular weight excluding hydrogens is 628 g/mol. The Hall–Kier alpha value is -6.12. The van der Waals surface area contributed by atoms with Crippen molar-refractivity contribution >= 4 is 74.2 Å². The van der Waals surface area contributed by atoms with Crippen molar-refractivity contribution in [3.8, 4) is 0 Å². The molecule has 0 saturated carbocycles. The van der Waals surface area contributed by atoms with Crippen molar-refractivity contribution in [3.63, 3.8) is 0 Å². The van der Waals surface area contributed by atoms with E-state index in [9.17, 15) is 29.4 Å². The normalized spacial score (nSPS) is 12.6. The highest BCUT2D eigenvalue weighted by Crippen LogP contribution is 2.38. The third kappa shape index (κ3) is 6.17. The number of carboxylic acid groups (broad SMARTS) is 2. The number of nitrogen functional groups attached to an aromatic ring is 2. The molecule has 49 heavy (non-hydrogen) atoms. The summed E-state index contributed by atoms with van der Waals surface area (Å²) < 4.78 is 0. The number of fused-ring (bicyclic) bond motifs is 8. The lowest BCUT2D eigenvalue weighted by Crippen LogP contribution is -2.31. The minimum absolute atomic E-state index is 0.0184. The number of carbonyl (C=O) groups is 4. The number of aromatic amines is 2. The Morgan fingerprint density at radius 1 is 0.776 bits per heavy atom. The van der Waals surface area contributed by atoms with Crippen LogP contribution >= 0.6 is 0 Å². The number of nitrogens with two attached hydrogens (primary N) is 2. The Kier molecular flexibility index (Phi) is 9.46. The molecule has 0 fully saturated rings. The van der Waals surface area contributed by atoms with Gasteiger partial charge in [0.15, 0.2) is 0 Å². The van der Waals surface area contributed by atoms with E-state index in [0.29, 0.717) is 50.4 Å². The lowest BCUT2D eigenvalue weighted by molar-refractivity contribution is -0.137. The van der Waals surface area contributed by atoms with Gasteiger partial charge in [0.25, 0.3) is 11.8 Å². The van der Waals surface area contributed by atoms with Gasteiger partial charge in [-0.3, -0.25) is 30.0 Å². The molecule has 2 aliphatic heterocycles. The summed E-state index contributed by atoms with van der Waals surface area (Å²) in [7, 11) is 0. The van der Waals surface area contributed by atoms with Crippen LogP contribution in [-0.4, -0.2) is 53.9 Å². The predicted molar refractivity (Wildman–Crippen MR) is 187 cm³/mol. The minimum atomic E-state index is -0.993. The molecule has 3 aromatic rings. The third-order valence-electron chi connectivity index (χ3n) is 8.81. The highest BCUT2D eigenvalue weighted by Gasteiger charge is 2.27. The molecule has 0 aliphatic carbocycles. The molecule has 5 rings (SSSR count). The highest BCUT2D eigenvalue weighted by molar-refractivity contribution is 6.14. The second kappa shape index (κ2) is 13.5. The fraction of sp³-hybridized carbons (Fsp3) is 0.200. The summed E-state index contributed by atoms with van der Waals surface area (Å²) in [5.41, 5.74) is 12.0. The van der Waals surface area contributed by atoms with E-state index in [0.717, 1.165) is 11.1 Å². The van der Waals surface area contributed by atoms with Crippen molar-refractivity contribution in [2.45, 2.75) is 46.5 Å². The lowest BCUT2D eigenvalue weighted by Gasteiger charge is -2.06. The van der Waals surface area contributed by atoms with E-state index >= 15 is 0 Å². The average molecular weight is 665 g/mol. The fourth-order valence-electron chi connectivity index (χ4n) is 6.31.